The minimum absolute atomic E-state index is 0.0471. The van der Waals surface area contributed by atoms with Crippen molar-refractivity contribution < 1.29 is 13.8 Å². The lowest BCUT2D eigenvalue weighted by atomic mass is 9.80. The molecular formula is C19H36N4O3S. The predicted octanol–water partition coefficient (Wildman–Crippen LogP) is 0.874. The fourth-order valence-electron chi connectivity index (χ4n) is 4.47. The Kier molecular flexibility index (Phi) is 6.15. The number of carbonyl (C=O) groups is 2. The van der Waals surface area contributed by atoms with Gasteiger partial charge in [0.05, 0.1) is 28.1 Å². The molecule has 5 unspecified atom stereocenters. The molecule has 0 aliphatic carbocycles. The molecule has 8 heteroatoms. The van der Waals surface area contributed by atoms with Crippen LogP contribution in [0.5, 0.6) is 0 Å². The van der Waals surface area contributed by atoms with Crippen molar-refractivity contribution in [3.63, 3.8) is 0 Å². The highest BCUT2D eigenvalue weighted by molar-refractivity contribution is 7.81. The van der Waals surface area contributed by atoms with Crippen LogP contribution in [-0.2, 0) is 20.6 Å². The number of likely N-dealkylation sites (N-methyl/N-ethyl adjacent to an activating group) is 1. The van der Waals surface area contributed by atoms with Crippen molar-refractivity contribution in [2.24, 2.45) is 5.41 Å². The Morgan fingerprint density at radius 2 is 1.67 bits per heavy atom. The lowest BCUT2D eigenvalue weighted by molar-refractivity contribution is -0.143. The smallest absolute Gasteiger partial charge is 0.246 e. The number of hydrogen-bond acceptors (Lipinski definition) is 4. The minimum atomic E-state index is -1.07. The van der Waals surface area contributed by atoms with Gasteiger partial charge >= 0.3 is 0 Å². The van der Waals surface area contributed by atoms with Crippen LogP contribution in [0, 0.1) is 5.41 Å². The summed E-state index contributed by atoms with van der Waals surface area (Å²) >= 11 is 0. The van der Waals surface area contributed by atoms with Crippen molar-refractivity contribution in [3.05, 3.63) is 0 Å². The Bertz CT molecular complexity index is 635. The Morgan fingerprint density at radius 1 is 1.11 bits per heavy atom. The number of amides is 2. The summed E-state index contributed by atoms with van der Waals surface area (Å²) in [6, 6.07) is -0.979. The molecule has 2 rings (SSSR count). The van der Waals surface area contributed by atoms with E-state index in [2.05, 4.69) is 24.5 Å². The predicted molar refractivity (Wildman–Crippen MR) is 108 cm³/mol. The molecule has 156 valence electrons. The second kappa shape index (κ2) is 7.44. The summed E-state index contributed by atoms with van der Waals surface area (Å²) in [5.74, 6) is -0.227. The van der Waals surface area contributed by atoms with Crippen LogP contribution in [0.4, 0.5) is 0 Å². The van der Waals surface area contributed by atoms with Crippen molar-refractivity contribution in [2.45, 2.75) is 77.5 Å². The van der Waals surface area contributed by atoms with Gasteiger partial charge in [-0.1, -0.05) is 20.8 Å². The topological polar surface area (TPSA) is 81.8 Å². The van der Waals surface area contributed by atoms with E-state index in [0.717, 1.165) is 12.8 Å². The summed E-state index contributed by atoms with van der Waals surface area (Å²) in [6.07, 6.45) is 3.28. The molecule has 0 aromatic rings. The van der Waals surface area contributed by atoms with Crippen LogP contribution in [0.25, 0.3) is 0 Å². The molecule has 27 heavy (non-hydrogen) atoms. The second-order valence-electron chi connectivity index (χ2n) is 9.38. The highest BCUT2D eigenvalue weighted by Gasteiger charge is 2.63. The lowest BCUT2D eigenvalue weighted by Gasteiger charge is -2.45. The van der Waals surface area contributed by atoms with Gasteiger partial charge in [-0.15, -0.1) is 0 Å². The monoisotopic (exact) mass is 400 g/mol. The fourth-order valence-corrected chi connectivity index (χ4v) is 5.67. The fraction of sp³-hybridized carbons (Fsp3) is 0.895. The van der Waals surface area contributed by atoms with Crippen LogP contribution < -0.4 is 10.6 Å². The number of rotatable bonds is 5. The van der Waals surface area contributed by atoms with Crippen molar-refractivity contribution in [3.8, 4) is 0 Å². The summed E-state index contributed by atoms with van der Waals surface area (Å²) in [7, 11) is 0.653. The number of nitrogens with one attached hydrogen (secondary N) is 2. The second-order valence-corrected chi connectivity index (χ2v) is 10.7. The van der Waals surface area contributed by atoms with Crippen molar-refractivity contribution in [1.82, 2.24) is 19.8 Å². The third kappa shape index (κ3) is 3.68. The molecule has 5 atom stereocenters. The van der Waals surface area contributed by atoms with E-state index in [-0.39, 0.29) is 23.4 Å². The molecule has 2 amide bonds. The van der Waals surface area contributed by atoms with Crippen molar-refractivity contribution >= 4 is 22.8 Å². The number of nitrogens with zero attached hydrogens (tertiary/aromatic N) is 2. The van der Waals surface area contributed by atoms with Crippen LogP contribution in [0.3, 0.4) is 0 Å². The van der Waals surface area contributed by atoms with Crippen LogP contribution in [0.1, 0.15) is 54.4 Å². The SMILES string of the molecule is CNC(C)C(=O)NC(C(=O)N1CCC2(C)N(S(C)=O)CCC12C)C(C)(C)C. The van der Waals surface area contributed by atoms with E-state index in [1.54, 1.807) is 20.2 Å². The van der Waals surface area contributed by atoms with Crippen LogP contribution in [0.15, 0.2) is 0 Å². The average Bonchev–Trinajstić information content (AvgIpc) is 2.96. The summed E-state index contributed by atoms with van der Waals surface area (Å²) < 4.78 is 14.3. The van der Waals surface area contributed by atoms with Gasteiger partial charge in [-0.05, 0) is 46.1 Å². The first kappa shape index (κ1) is 22.3. The third-order valence-electron chi connectivity index (χ3n) is 6.73. The standard InChI is InChI=1S/C19H36N4O3S/c1-13(20-7)15(24)21-14(17(2,3)4)16(25)22-11-9-19(6)18(22,5)10-12-23(19)27(8)26/h13-14,20H,9-12H2,1-8H3,(H,21,24). The van der Waals surface area contributed by atoms with Crippen LogP contribution in [0.2, 0.25) is 0 Å². The Balaban J connectivity index is 2.31. The Morgan fingerprint density at radius 3 is 2.15 bits per heavy atom. The summed E-state index contributed by atoms with van der Waals surface area (Å²) in [5, 5.41) is 5.88. The van der Waals surface area contributed by atoms with Gasteiger partial charge in [0, 0.05) is 19.3 Å². The Labute approximate surface area is 166 Å². The molecular weight excluding hydrogens is 364 g/mol. The van der Waals surface area contributed by atoms with Gasteiger partial charge in [-0.3, -0.25) is 9.59 Å². The highest BCUT2D eigenvalue weighted by atomic mass is 32.2. The molecule has 2 saturated heterocycles. The van der Waals surface area contributed by atoms with Crippen LogP contribution in [-0.4, -0.2) is 74.8 Å². The zero-order chi connectivity index (χ0) is 20.8. The number of fused-ring (bicyclic) bond motifs is 1. The van der Waals surface area contributed by atoms with Gasteiger partial charge < -0.3 is 15.5 Å². The summed E-state index contributed by atoms with van der Waals surface area (Å²) in [4.78, 5) is 28.0. The van der Waals surface area contributed by atoms with E-state index in [9.17, 15) is 13.8 Å². The molecule has 0 radical (unpaired) electrons. The average molecular weight is 401 g/mol. The zero-order valence-electron chi connectivity index (χ0n) is 18.0. The van der Waals surface area contributed by atoms with E-state index in [0.29, 0.717) is 13.1 Å². The lowest BCUT2D eigenvalue weighted by Crippen LogP contribution is -2.63. The van der Waals surface area contributed by atoms with Gasteiger partial charge in [0.25, 0.3) is 0 Å². The van der Waals surface area contributed by atoms with Gasteiger partial charge in [0.1, 0.15) is 6.04 Å². The maximum atomic E-state index is 13.6. The molecule has 0 saturated carbocycles. The van der Waals surface area contributed by atoms with Gasteiger partial charge in [-0.25, -0.2) is 8.51 Å². The van der Waals surface area contributed by atoms with E-state index >= 15 is 0 Å². The highest BCUT2D eigenvalue weighted by Crippen LogP contribution is 2.50. The molecule has 2 aliphatic rings. The maximum Gasteiger partial charge on any atom is 0.246 e. The van der Waals surface area contributed by atoms with Gasteiger partial charge in [0.2, 0.25) is 11.8 Å². The van der Waals surface area contributed by atoms with Crippen LogP contribution >= 0.6 is 0 Å². The summed E-state index contributed by atoms with van der Waals surface area (Å²) in [6.45, 7) is 13.2. The molecule has 0 aromatic carbocycles. The quantitative estimate of drug-likeness (QED) is 0.718. The molecule has 2 N–H and O–H groups in total. The number of carbonyl (C=O) groups excluding carboxylic acids is 2. The molecule has 2 fully saturated rings. The van der Waals surface area contributed by atoms with Gasteiger partial charge in [0.15, 0.2) is 0 Å². The first-order valence-electron chi connectivity index (χ1n) is 9.70. The number of hydrogen-bond donors (Lipinski definition) is 2. The largest absolute Gasteiger partial charge is 0.342 e. The van der Waals surface area contributed by atoms with E-state index < -0.39 is 28.0 Å². The zero-order valence-corrected chi connectivity index (χ0v) is 18.8. The molecule has 0 bridgehead atoms. The maximum absolute atomic E-state index is 13.6. The normalized spacial score (nSPS) is 32.1. The molecule has 2 aliphatic heterocycles. The minimum Gasteiger partial charge on any atom is -0.342 e. The van der Waals surface area contributed by atoms with Crippen molar-refractivity contribution in [2.75, 3.05) is 26.4 Å². The Hall–Kier alpha value is -0.990. The molecule has 7 nitrogen and oxygen atoms in total. The third-order valence-corrected chi connectivity index (χ3v) is 7.94. The van der Waals surface area contributed by atoms with E-state index in [4.69, 9.17) is 0 Å². The number of likely N-dealkylation sites (tertiary alicyclic amines) is 1. The molecule has 2 heterocycles. The van der Waals surface area contributed by atoms with E-state index in [1.807, 2.05) is 30.0 Å². The molecule has 0 aromatic heterocycles. The van der Waals surface area contributed by atoms with E-state index in [1.165, 1.54) is 0 Å². The summed E-state index contributed by atoms with van der Waals surface area (Å²) in [5.41, 5.74) is -1.12. The first-order valence-corrected chi connectivity index (χ1v) is 11.2. The van der Waals surface area contributed by atoms with Crippen molar-refractivity contribution in [1.29, 1.82) is 0 Å². The first-order chi connectivity index (χ1) is 12.3. The van der Waals surface area contributed by atoms with Gasteiger partial charge in [-0.2, -0.15) is 0 Å². The molecule has 0 spiro atoms.